The van der Waals surface area contributed by atoms with Gasteiger partial charge in [0.25, 0.3) is 5.91 Å². The highest BCUT2D eigenvalue weighted by Crippen LogP contribution is 2.19. The molecule has 0 unspecified atom stereocenters. The van der Waals surface area contributed by atoms with Crippen LogP contribution in [0, 0.1) is 6.92 Å². The van der Waals surface area contributed by atoms with E-state index in [0.717, 1.165) is 0 Å². The predicted octanol–water partition coefficient (Wildman–Crippen LogP) is 1.31. The molecular weight excluding hydrogens is 224 g/mol. The molecule has 1 aromatic heterocycles. The molecule has 0 bridgehead atoms. The summed E-state index contributed by atoms with van der Waals surface area (Å²) in [6, 6.07) is 0. The summed E-state index contributed by atoms with van der Waals surface area (Å²) in [5, 5.41) is 12.6. The summed E-state index contributed by atoms with van der Waals surface area (Å²) in [6.07, 6.45) is 1.30. The van der Waals surface area contributed by atoms with E-state index in [0.29, 0.717) is 17.9 Å². The third kappa shape index (κ3) is 2.30. The molecule has 1 rings (SSSR count). The number of rotatable bonds is 4. The van der Waals surface area contributed by atoms with Crippen LogP contribution in [0.15, 0.2) is 10.7 Å². The predicted molar refractivity (Wildman–Crippen MR) is 59.7 cm³/mol. The summed E-state index contributed by atoms with van der Waals surface area (Å²) in [7, 11) is 0. The van der Waals surface area contributed by atoms with Crippen LogP contribution in [0.25, 0.3) is 0 Å². The number of carbonyl (C=O) groups is 2. The van der Waals surface area contributed by atoms with Crippen LogP contribution >= 0.6 is 0 Å². The Bertz CT molecular complexity index is 436. The molecule has 0 saturated carbocycles. The van der Waals surface area contributed by atoms with Gasteiger partial charge in [0.15, 0.2) is 0 Å². The molecular formula is C11H16N2O4. The Morgan fingerprint density at radius 3 is 2.47 bits per heavy atom. The van der Waals surface area contributed by atoms with E-state index in [-0.39, 0.29) is 0 Å². The van der Waals surface area contributed by atoms with Gasteiger partial charge < -0.3 is 14.5 Å². The largest absolute Gasteiger partial charge is 0.480 e. The van der Waals surface area contributed by atoms with Crippen molar-refractivity contribution in [2.45, 2.75) is 33.2 Å². The molecule has 1 amide bonds. The monoisotopic (exact) mass is 240 g/mol. The van der Waals surface area contributed by atoms with Crippen molar-refractivity contribution < 1.29 is 19.2 Å². The fraction of sp³-hybridized carbons (Fsp3) is 0.545. The maximum Gasteiger partial charge on any atom is 0.329 e. The topological polar surface area (TPSA) is 83.6 Å². The third-order valence-electron chi connectivity index (χ3n) is 2.74. The van der Waals surface area contributed by atoms with Crippen molar-refractivity contribution >= 4 is 11.9 Å². The van der Waals surface area contributed by atoms with Gasteiger partial charge in [-0.05, 0) is 27.7 Å². The van der Waals surface area contributed by atoms with Gasteiger partial charge in [0.05, 0.1) is 6.20 Å². The Labute approximate surface area is 99.2 Å². The van der Waals surface area contributed by atoms with Gasteiger partial charge in [-0.25, -0.2) is 4.79 Å². The fourth-order valence-corrected chi connectivity index (χ4v) is 1.56. The van der Waals surface area contributed by atoms with E-state index in [1.165, 1.54) is 24.9 Å². The highest BCUT2D eigenvalue weighted by molar-refractivity contribution is 5.98. The summed E-state index contributed by atoms with van der Waals surface area (Å²) in [4.78, 5) is 24.6. The van der Waals surface area contributed by atoms with E-state index in [9.17, 15) is 9.59 Å². The van der Waals surface area contributed by atoms with E-state index in [1.807, 2.05) is 0 Å². The van der Waals surface area contributed by atoms with Crippen LogP contribution < -0.4 is 0 Å². The zero-order valence-corrected chi connectivity index (χ0v) is 10.4. The van der Waals surface area contributed by atoms with Crippen molar-refractivity contribution in [3.05, 3.63) is 17.5 Å². The summed E-state index contributed by atoms with van der Waals surface area (Å²) in [5.74, 6) is -1.06. The Kier molecular flexibility index (Phi) is 3.55. The molecule has 6 heteroatoms. The number of amides is 1. The summed E-state index contributed by atoms with van der Waals surface area (Å²) >= 11 is 0. The minimum atomic E-state index is -1.27. The molecule has 1 aromatic rings. The maximum atomic E-state index is 12.2. The molecule has 0 aliphatic carbocycles. The van der Waals surface area contributed by atoms with E-state index in [1.54, 1.807) is 13.8 Å². The molecule has 0 atom stereocenters. The lowest BCUT2D eigenvalue weighted by molar-refractivity contribution is -0.147. The lowest BCUT2D eigenvalue weighted by Crippen LogP contribution is -2.52. The van der Waals surface area contributed by atoms with Crippen LogP contribution in [-0.4, -0.2) is 39.1 Å². The van der Waals surface area contributed by atoms with Gasteiger partial charge in [0, 0.05) is 6.54 Å². The molecule has 0 radical (unpaired) electrons. The SMILES string of the molecule is CCN(C(=O)c1cnoc1C)C(C)(C)C(=O)O. The molecule has 1 N–H and O–H groups in total. The molecule has 94 valence electrons. The van der Waals surface area contributed by atoms with E-state index in [4.69, 9.17) is 9.63 Å². The number of hydrogen-bond acceptors (Lipinski definition) is 4. The van der Waals surface area contributed by atoms with Crippen molar-refractivity contribution in [2.24, 2.45) is 0 Å². The summed E-state index contributed by atoms with van der Waals surface area (Å²) in [6.45, 7) is 6.61. The van der Waals surface area contributed by atoms with Gasteiger partial charge in [-0.2, -0.15) is 0 Å². The minimum absolute atomic E-state index is 0.293. The first-order chi connectivity index (χ1) is 7.82. The second kappa shape index (κ2) is 4.57. The molecule has 0 spiro atoms. The molecule has 0 aliphatic heterocycles. The molecule has 1 heterocycles. The summed E-state index contributed by atoms with van der Waals surface area (Å²) in [5.41, 5.74) is -0.976. The van der Waals surface area contributed by atoms with E-state index in [2.05, 4.69) is 5.16 Å². The lowest BCUT2D eigenvalue weighted by atomic mass is 10.0. The molecule has 6 nitrogen and oxygen atoms in total. The Morgan fingerprint density at radius 2 is 2.12 bits per heavy atom. The van der Waals surface area contributed by atoms with Crippen molar-refractivity contribution in [1.82, 2.24) is 10.1 Å². The minimum Gasteiger partial charge on any atom is -0.480 e. The third-order valence-corrected chi connectivity index (χ3v) is 2.74. The molecule has 17 heavy (non-hydrogen) atoms. The fourth-order valence-electron chi connectivity index (χ4n) is 1.56. The smallest absolute Gasteiger partial charge is 0.329 e. The first-order valence-electron chi connectivity index (χ1n) is 5.29. The van der Waals surface area contributed by atoms with Gasteiger partial charge in [-0.15, -0.1) is 0 Å². The van der Waals surface area contributed by atoms with Crippen LogP contribution in [0.1, 0.15) is 36.9 Å². The Morgan fingerprint density at radius 1 is 1.53 bits per heavy atom. The highest BCUT2D eigenvalue weighted by Gasteiger charge is 2.38. The molecule has 0 aromatic carbocycles. The van der Waals surface area contributed by atoms with Gasteiger partial charge in [0.1, 0.15) is 16.9 Å². The first kappa shape index (κ1) is 13.2. The number of carboxylic acid groups (broad SMARTS) is 1. The molecule has 0 fully saturated rings. The maximum absolute atomic E-state index is 12.2. The second-order valence-electron chi connectivity index (χ2n) is 4.21. The number of likely N-dealkylation sites (N-methyl/N-ethyl adjacent to an activating group) is 1. The number of aryl methyl sites for hydroxylation is 1. The number of aromatic nitrogens is 1. The number of hydrogen-bond donors (Lipinski definition) is 1. The van der Waals surface area contributed by atoms with Crippen molar-refractivity contribution in [3.8, 4) is 0 Å². The van der Waals surface area contributed by atoms with Gasteiger partial charge in [-0.3, -0.25) is 4.79 Å². The van der Waals surface area contributed by atoms with E-state index < -0.39 is 17.4 Å². The van der Waals surface area contributed by atoms with Gasteiger partial charge >= 0.3 is 5.97 Å². The van der Waals surface area contributed by atoms with Crippen LogP contribution in [-0.2, 0) is 4.79 Å². The average molecular weight is 240 g/mol. The van der Waals surface area contributed by atoms with Crippen molar-refractivity contribution in [1.29, 1.82) is 0 Å². The Balaban J connectivity index is 3.09. The zero-order valence-electron chi connectivity index (χ0n) is 10.4. The number of nitrogens with zero attached hydrogens (tertiary/aromatic N) is 2. The highest BCUT2D eigenvalue weighted by atomic mass is 16.5. The van der Waals surface area contributed by atoms with Crippen molar-refractivity contribution in [2.75, 3.05) is 6.54 Å². The number of aliphatic carboxylic acids is 1. The van der Waals surface area contributed by atoms with Crippen molar-refractivity contribution in [3.63, 3.8) is 0 Å². The standard InChI is InChI=1S/C11H16N2O4/c1-5-13(11(3,4)10(15)16)9(14)8-6-12-17-7(8)2/h6H,5H2,1-4H3,(H,15,16). The summed E-state index contributed by atoms with van der Waals surface area (Å²) < 4.78 is 4.81. The molecule has 0 aliphatic rings. The zero-order chi connectivity index (χ0) is 13.2. The quantitative estimate of drug-likeness (QED) is 0.857. The first-order valence-corrected chi connectivity index (χ1v) is 5.29. The van der Waals surface area contributed by atoms with Gasteiger partial charge in [0.2, 0.25) is 0 Å². The second-order valence-corrected chi connectivity index (χ2v) is 4.21. The van der Waals surface area contributed by atoms with Crippen LogP contribution in [0.4, 0.5) is 0 Å². The van der Waals surface area contributed by atoms with Crippen LogP contribution in [0.2, 0.25) is 0 Å². The van der Waals surface area contributed by atoms with E-state index >= 15 is 0 Å². The number of carbonyl (C=O) groups excluding carboxylic acids is 1. The number of carboxylic acids is 1. The average Bonchev–Trinajstić information content (AvgIpc) is 2.64. The van der Waals surface area contributed by atoms with Crippen LogP contribution in [0.3, 0.4) is 0 Å². The lowest BCUT2D eigenvalue weighted by Gasteiger charge is -2.33. The van der Waals surface area contributed by atoms with Gasteiger partial charge in [-0.1, -0.05) is 5.16 Å². The molecule has 0 saturated heterocycles. The Hall–Kier alpha value is -1.85. The van der Waals surface area contributed by atoms with Crippen LogP contribution in [0.5, 0.6) is 0 Å². The normalized spacial score (nSPS) is 11.3.